The lowest BCUT2D eigenvalue weighted by Gasteiger charge is -2.17. The normalized spacial score (nSPS) is 26.2. The fraction of sp³-hybridized carbons (Fsp3) is 0.111. The summed E-state index contributed by atoms with van der Waals surface area (Å²) < 4.78 is 13.7. The molecule has 1 aliphatic heterocycles. The number of allylic oxidation sites excluding steroid dienone is 5. The molecule has 1 aliphatic carbocycles. The predicted molar refractivity (Wildman–Crippen MR) is 51.3 cm³/mol. The summed E-state index contributed by atoms with van der Waals surface area (Å²) >= 11 is 3.04. The van der Waals surface area contributed by atoms with E-state index in [4.69, 9.17) is 0 Å². The maximum atomic E-state index is 13.4. The van der Waals surface area contributed by atoms with E-state index in [-0.39, 0.29) is 11.6 Å². The zero-order valence-electron chi connectivity index (χ0n) is 6.50. The van der Waals surface area contributed by atoms with Crippen LogP contribution in [0.15, 0.2) is 39.6 Å². The lowest BCUT2D eigenvalue weighted by Crippen LogP contribution is -2.19. The van der Waals surface area contributed by atoms with Crippen molar-refractivity contribution in [1.82, 2.24) is 0 Å². The van der Waals surface area contributed by atoms with E-state index in [2.05, 4.69) is 20.9 Å². The van der Waals surface area contributed by atoms with Gasteiger partial charge in [-0.1, -0.05) is 12.2 Å². The van der Waals surface area contributed by atoms with Crippen molar-refractivity contribution in [2.45, 2.75) is 0 Å². The number of nitrogens with zero attached hydrogens (tertiary/aromatic N) is 1. The Morgan fingerprint density at radius 1 is 1.38 bits per heavy atom. The topological polar surface area (TPSA) is 29.4 Å². The Bertz CT molecular complexity index is 392. The van der Waals surface area contributed by atoms with Gasteiger partial charge in [0.1, 0.15) is 0 Å². The van der Waals surface area contributed by atoms with Crippen molar-refractivity contribution >= 4 is 27.5 Å². The van der Waals surface area contributed by atoms with Crippen molar-refractivity contribution in [2.75, 3.05) is 0 Å². The highest BCUT2D eigenvalue weighted by atomic mass is 79.9. The molecule has 2 aliphatic rings. The van der Waals surface area contributed by atoms with Crippen LogP contribution in [0.1, 0.15) is 0 Å². The molecule has 0 saturated heterocycles. The first-order chi connectivity index (χ1) is 6.18. The van der Waals surface area contributed by atoms with Crippen LogP contribution in [0.5, 0.6) is 0 Å². The smallest absolute Gasteiger partial charge is 0.267 e. The molecule has 0 bridgehead atoms. The molecule has 66 valence electrons. The van der Waals surface area contributed by atoms with Crippen molar-refractivity contribution < 1.29 is 9.18 Å². The van der Waals surface area contributed by atoms with Crippen LogP contribution in [0.3, 0.4) is 0 Å². The molecular weight excluding hydrogens is 237 g/mol. The van der Waals surface area contributed by atoms with Crippen molar-refractivity contribution in [3.63, 3.8) is 0 Å². The van der Waals surface area contributed by atoms with Crippen LogP contribution in [-0.4, -0.2) is 11.6 Å². The van der Waals surface area contributed by atoms with Gasteiger partial charge in [0, 0.05) is 12.0 Å². The van der Waals surface area contributed by atoms with Gasteiger partial charge in [-0.3, -0.25) is 4.79 Å². The number of halogens is 2. The molecule has 0 aromatic heterocycles. The van der Waals surface area contributed by atoms with Crippen LogP contribution in [0, 0.1) is 5.92 Å². The Hall–Kier alpha value is -1.03. The Morgan fingerprint density at radius 2 is 2.08 bits per heavy atom. The second kappa shape index (κ2) is 3.03. The molecule has 2 nitrogen and oxygen atoms in total. The van der Waals surface area contributed by atoms with Crippen molar-refractivity contribution in [3.05, 3.63) is 34.6 Å². The van der Waals surface area contributed by atoms with Crippen LogP contribution < -0.4 is 0 Å². The minimum atomic E-state index is -0.454. The zero-order chi connectivity index (χ0) is 9.42. The number of aliphatic imine (C=N–C) groups is 1. The third-order valence-corrected chi connectivity index (χ3v) is 2.49. The molecule has 0 saturated carbocycles. The molecule has 1 unspecified atom stereocenters. The Kier molecular flexibility index (Phi) is 2.00. The summed E-state index contributed by atoms with van der Waals surface area (Å²) in [6.45, 7) is 0. The quantitative estimate of drug-likeness (QED) is 0.640. The summed E-state index contributed by atoms with van der Waals surface area (Å²) in [7, 11) is 0. The van der Waals surface area contributed by atoms with Gasteiger partial charge in [0.15, 0.2) is 5.83 Å². The number of hydrogen-bond donors (Lipinski definition) is 0. The predicted octanol–water partition coefficient (Wildman–Crippen LogP) is 2.29. The van der Waals surface area contributed by atoms with Gasteiger partial charge in [0.25, 0.3) is 5.91 Å². The summed E-state index contributed by atoms with van der Waals surface area (Å²) in [6.07, 6.45) is 6.40. The highest BCUT2D eigenvalue weighted by molar-refractivity contribution is 9.11. The molecular formula is C9H5BrFNO. The van der Waals surface area contributed by atoms with E-state index in [1.165, 1.54) is 6.08 Å². The number of fused-ring (bicyclic) bond motifs is 1. The number of amides is 1. The van der Waals surface area contributed by atoms with Gasteiger partial charge in [-0.25, -0.2) is 9.38 Å². The molecule has 0 spiro atoms. The molecule has 13 heavy (non-hydrogen) atoms. The van der Waals surface area contributed by atoms with Crippen LogP contribution in [0.2, 0.25) is 0 Å². The molecule has 0 N–H and O–H groups in total. The fourth-order valence-corrected chi connectivity index (χ4v) is 1.60. The number of rotatable bonds is 0. The molecule has 0 aromatic carbocycles. The first kappa shape index (κ1) is 8.56. The van der Waals surface area contributed by atoms with Crippen molar-refractivity contribution in [1.29, 1.82) is 0 Å². The molecule has 0 aromatic rings. The third-order valence-electron chi connectivity index (χ3n) is 1.88. The van der Waals surface area contributed by atoms with Gasteiger partial charge in [-0.2, -0.15) is 0 Å². The summed E-state index contributed by atoms with van der Waals surface area (Å²) in [5, 5.41) is 0. The number of carbonyl (C=O) groups is 1. The van der Waals surface area contributed by atoms with Gasteiger partial charge in [-0.15, -0.1) is 0 Å². The van der Waals surface area contributed by atoms with Crippen LogP contribution in [0.4, 0.5) is 4.39 Å². The van der Waals surface area contributed by atoms with Crippen LogP contribution in [0.25, 0.3) is 0 Å². The third kappa shape index (κ3) is 1.42. The lowest BCUT2D eigenvalue weighted by molar-refractivity contribution is -0.113. The molecule has 0 fully saturated rings. The van der Waals surface area contributed by atoms with Gasteiger partial charge < -0.3 is 0 Å². The monoisotopic (exact) mass is 241 g/mol. The molecule has 4 heteroatoms. The standard InChI is InChI=1S/C9H5BrFNO/c10-6-3-1-5-2-4-7(13)12-9(5)8(6)11/h1-5H. The molecule has 0 radical (unpaired) electrons. The van der Waals surface area contributed by atoms with Gasteiger partial charge in [0.05, 0.1) is 10.2 Å². The molecule has 1 atom stereocenters. The first-order valence-electron chi connectivity index (χ1n) is 3.73. The van der Waals surface area contributed by atoms with E-state index in [1.807, 2.05) is 0 Å². The Labute approximate surface area is 82.7 Å². The average molecular weight is 242 g/mol. The van der Waals surface area contributed by atoms with E-state index in [9.17, 15) is 9.18 Å². The molecule has 1 heterocycles. The van der Waals surface area contributed by atoms with Crippen molar-refractivity contribution in [2.24, 2.45) is 10.9 Å². The minimum absolute atomic E-state index is 0.195. The van der Waals surface area contributed by atoms with Gasteiger partial charge >= 0.3 is 0 Å². The van der Waals surface area contributed by atoms with Gasteiger partial charge in [-0.05, 0) is 22.0 Å². The van der Waals surface area contributed by atoms with E-state index in [0.717, 1.165) is 0 Å². The summed E-state index contributed by atoms with van der Waals surface area (Å²) in [5.74, 6) is -1.05. The average Bonchev–Trinajstić information content (AvgIpc) is 2.12. The van der Waals surface area contributed by atoms with Crippen LogP contribution >= 0.6 is 15.9 Å². The van der Waals surface area contributed by atoms with E-state index in [0.29, 0.717) is 4.48 Å². The summed E-state index contributed by atoms with van der Waals surface area (Å²) in [4.78, 5) is 14.5. The number of carbonyl (C=O) groups excluding carboxylic acids is 1. The Balaban J connectivity index is 2.48. The van der Waals surface area contributed by atoms with E-state index < -0.39 is 11.7 Å². The molecule has 1 amide bonds. The van der Waals surface area contributed by atoms with Gasteiger partial charge in [0.2, 0.25) is 0 Å². The lowest BCUT2D eigenvalue weighted by atomic mass is 9.95. The fourth-order valence-electron chi connectivity index (χ4n) is 1.24. The number of dihydropyridines is 1. The first-order valence-corrected chi connectivity index (χ1v) is 4.52. The maximum absolute atomic E-state index is 13.4. The van der Waals surface area contributed by atoms with E-state index >= 15 is 0 Å². The second-order valence-electron chi connectivity index (χ2n) is 2.74. The van der Waals surface area contributed by atoms with E-state index in [1.54, 1.807) is 18.2 Å². The Morgan fingerprint density at radius 3 is 2.85 bits per heavy atom. The van der Waals surface area contributed by atoms with Crippen LogP contribution in [-0.2, 0) is 4.79 Å². The largest absolute Gasteiger partial charge is 0.269 e. The van der Waals surface area contributed by atoms with Crippen molar-refractivity contribution in [3.8, 4) is 0 Å². The summed E-state index contributed by atoms with van der Waals surface area (Å²) in [5.41, 5.74) is 0.196. The highest BCUT2D eigenvalue weighted by Crippen LogP contribution is 2.28. The number of hydrogen-bond acceptors (Lipinski definition) is 1. The minimum Gasteiger partial charge on any atom is -0.267 e. The highest BCUT2D eigenvalue weighted by Gasteiger charge is 2.24. The summed E-state index contributed by atoms with van der Waals surface area (Å²) in [6, 6.07) is 0. The zero-order valence-corrected chi connectivity index (χ0v) is 8.08. The second-order valence-corrected chi connectivity index (χ2v) is 3.60. The SMILES string of the molecule is O=C1C=CC2C=CC(Br)=C(F)C2=N1. The molecule has 2 rings (SSSR count). The maximum Gasteiger partial charge on any atom is 0.269 e.